The van der Waals surface area contributed by atoms with Crippen LogP contribution in [-0.4, -0.2) is 5.97 Å². The van der Waals surface area contributed by atoms with E-state index < -0.39 is 0 Å². The smallest absolute Gasteiger partial charge is 0.338 e. The molecule has 0 N–H and O–H groups in total. The van der Waals surface area contributed by atoms with Crippen LogP contribution in [0.15, 0.2) is 46.9 Å². The summed E-state index contributed by atoms with van der Waals surface area (Å²) < 4.78 is 6.09. The Hall–Kier alpha value is -1.61. The van der Waals surface area contributed by atoms with Crippen molar-refractivity contribution in [3.05, 3.63) is 58.1 Å². The van der Waals surface area contributed by atoms with E-state index in [0.29, 0.717) is 12.2 Å². The fourth-order valence-electron chi connectivity index (χ4n) is 2.08. The first-order chi connectivity index (χ1) is 8.25. The highest BCUT2D eigenvalue weighted by atomic mass is 79.9. The highest BCUT2D eigenvalue weighted by molar-refractivity contribution is 9.10. The third-order valence-corrected chi connectivity index (χ3v) is 3.37. The van der Waals surface area contributed by atoms with Crippen molar-refractivity contribution in [2.24, 2.45) is 0 Å². The molecule has 2 aromatic rings. The molecule has 1 aliphatic rings. The number of hydrogen-bond acceptors (Lipinski definition) is 2. The van der Waals surface area contributed by atoms with Gasteiger partial charge in [0.1, 0.15) is 6.61 Å². The number of fused-ring (bicyclic) bond motifs is 1. The number of hydrogen-bond donors (Lipinski definition) is 0. The lowest BCUT2D eigenvalue weighted by Crippen LogP contribution is -1.93. The van der Waals surface area contributed by atoms with E-state index in [2.05, 4.69) is 15.9 Å². The van der Waals surface area contributed by atoms with Crippen LogP contribution < -0.4 is 0 Å². The molecule has 0 saturated carbocycles. The summed E-state index contributed by atoms with van der Waals surface area (Å²) in [7, 11) is 0. The van der Waals surface area contributed by atoms with Crippen LogP contribution in [0.3, 0.4) is 0 Å². The molecule has 0 radical (unpaired) electrons. The van der Waals surface area contributed by atoms with Gasteiger partial charge < -0.3 is 4.74 Å². The van der Waals surface area contributed by atoms with Gasteiger partial charge in [0.25, 0.3) is 0 Å². The largest absolute Gasteiger partial charge is 0.457 e. The SMILES string of the molecule is O=C1OCc2c1cccc2-c1cccc(Br)c1. The summed E-state index contributed by atoms with van der Waals surface area (Å²) >= 11 is 3.45. The van der Waals surface area contributed by atoms with Gasteiger partial charge in [0.15, 0.2) is 0 Å². The van der Waals surface area contributed by atoms with Crippen molar-refractivity contribution in [1.82, 2.24) is 0 Å². The van der Waals surface area contributed by atoms with Crippen molar-refractivity contribution in [2.45, 2.75) is 6.61 Å². The van der Waals surface area contributed by atoms with Gasteiger partial charge in [-0.1, -0.05) is 40.2 Å². The van der Waals surface area contributed by atoms with E-state index in [1.807, 2.05) is 42.5 Å². The summed E-state index contributed by atoms with van der Waals surface area (Å²) in [5, 5.41) is 0. The van der Waals surface area contributed by atoms with Crippen molar-refractivity contribution in [3.63, 3.8) is 0 Å². The maximum Gasteiger partial charge on any atom is 0.338 e. The second-order valence-electron chi connectivity index (χ2n) is 3.92. The Kier molecular flexibility index (Phi) is 2.48. The number of carbonyl (C=O) groups excluding carboxylic acids is 1. The van der Waals surface area contributed by atoms with Gasteiger partial charge >= 0.3 is 5.97 Å². The molecule has 0 bridgehead atoms. The molecule has 1 heterocycles. The molecule has 0 unspecified atom stereocenters. The Balaban J connectivity index is 2.20. The molecule has 0 spiro atoms. The van der Waals surface area contributed by atoms with Crippen LogP contribution in [0, 0.1) is 0 Å². The fourth-order valence-corrected chi connectivity index (χ4v) is 2.47. The van der Waals surface area contributed by atoms with Gasteiger partial charge in [-0.25, -0.2) is 4.79 Å². The highest BCUT2D eigenvalue weighted by Crippen LogP contribution is 2.32. The van der Waals surface area contributed by atoms with E-state index >= 15 is 0 Å². The zero-order valence-electron chi connectivity index (χ0n) is 8.94. The van der Waals surface area contributed by atoms with E-state index in [1.165, 1.54) is 0 Å². The minimum Gasteiger partial charge on any atom is -0.457 e. The predicted molar refractivity (Wildman–Crippen MR) is 68.7 cm³/mol. The normalized spacial score (nSPS) is 13.4. The number of esters is 1. The summed E-state index contributed by atoms with van der Waals surface area (Å²) in [5.41, 5.74) is 3.82. The van der Waals surface area contributed by atoms with E-state index in [1.54, 1.807) is 0 Å². The van der Waals surface area contributed by atoms with Crippen LogP contribution in [0.25, 0.3) is 11.1 Å². The van der Waals surface area contributed by atoms with Crippen LogP contribution in [0.2, 0.25) is 0 Å². The predicted octanol–water partition coefficient (Wildman–Crippen LogP) is 3.79. The van der Waals surface area contributed by atoms with Crippen molar-refractivity contribution >= 4 is 21.9 Å². The molecule has 3 rings (SSSR count). The summed E-state index contributed by atoms with van der Waals surface area (Å²) in [6.07, 6.45) is 0. The van der Waals surface area contributed by atoms with Crippen LogP contribution in [0.4, 0.5) is 0 Å². The summed E-state index contributed by atoms with van der Waals surface area (Å²) in [6, 6.07) is 13.8. The Bertz CT molecular complexity index is 605. The molecule has 2 aromatic carbocycles. The zero-order valence-corrected chi connectivity index (χ0v) is 10.5. The highest BCUT2D eigenvalue weighted by Gasteiger charge is 2.23. The zero-order chi connectivity index (χ0) is 11.8. The van der Waals surface area contributed by atoms with E-state index in [-0.39, 0.29) is 5.97 Å². The molecule has 0 aromatic heterocycles. The lowest BCUT2D eigenvalue weighted by Gasteiger charge is -2.06. The second kappa shape index (κ2) is 4.00. The Morgan fingerprint density at radius 2 is 1.82 bits per heavy atom. The Morgan fingerprint density at radius 3 is 2.65 bits per heavy atom. The first kappa shape index (κ1) is 10.5. The fraction of sp³-hybridized carbons (Fsp3) is 0.0714. The monoisotopic (exact) mass is 288 g/mol. The molecule has 84 valence electrons. The lowest BCUT2D eigenvalue weighted by molar-refractivity contribution is 0.0535. The topological polar surface area (TPSA) is 26.3 Å². The maximum absolute atomic E-state index is 11.5. The molecular weight excluding hydrogens is 280 g/mol. The molecule has 1 aliphatic heterocycles. The molecule has 0 saturated heterocycles. The second-order valence-corrected chi connectivity index (χ2v) is 4.83. The van der Waals surface area contributed by atoms with Crippen molar-refractivity contribution in [2.75, 3.05) is 0 Å². The number of rotatable bonds is 1. The minimum absolute atomic E-state index is 0.225. The molecule has 0 atom stereocenters. The minimum atomic E-state index is -0.225. The molecule has 0 amide bonds. The van der Waals surface area contributed by atoms with E-state index in [9.17, 15) is 4.79 Å². The summed E-state index contributed by atoms with van der Waals surface area (Å²) in [5.74, 6) is -0.225. The third kappa shape index (κ3) is 1.76. The number of carbonyl (C=O) groups is 1. The van der Waals surface area contributed by atoms with E-state index in [0.717, 1.165) is 21.2 Å². The van der Waals surface area contributed by atoms with Crippen LogP contribution >= 0.6 is 15.9 Å². The summed E-state index contributed by atoms with van der Waals surface area (Å²) in [4.78, 5) is 11.5. The van der Waals surface area contributed by atoms with Crippen LogP contribution in [-0.2, 0) is 11.3 Å². The van der Waals surface area contributed by atoms with Crippen LogP contribution in [0.5, 0.6) is 0 Å². The van der Waals surface area contributed by atoms with Crippen molar-refractivity contribution in [3.8, 4) is 11.1 Å². The molecule has 0 fully saturated rings. The third-order valence-electron chi connectivity index (χ3n) is 2.88. The van der Waals surface area contributed by atoms with Gasteiger partial charge in [-0.15, -0.1) is 0 Å². The van der Waals surface area contributed by atoms with Gasteiger partial charge in [-0.05, 0) is 29.3 Å². The molecular formula is C14H9BrO2. The Morgan fingerprint density at radius 1 is 1.06 bits per heavy atom. The van der Waals surface area contributed by atoms with Crippen molar-refractivity contribution in [1.29, 1.82) is 0 Å². The number of ether oxygens (including phenoxy) is 1. The Labute approximate surface area is 107 Å². The molecule has 3 heteroatoms. The number of cyclic esters (lactones) is 1. The molecule has 0 aliphatic carbocycles. The van der Waals surface area contributed by atoms with Gasteiger partial charge in [-0.2, -0.15) is 0 Å². The maximum atomic E-state index is 11.5. The first-order valence-electron chi connectivity index (χ1n) is 5.30. The number of benzene rings is 2. The average Bonchev–Trinajstić information content (AvgIpc) is 2.71. The average molecular weight is 289 g/mol. The van der Waals surface area contributed by atoms with Gasteiger partial charge in [-0.3, -0.25) is 0 Å². The van der Waals surface area contributed by atoms with Gasteiger partial charge in [0.2, 0.25) is 0 Å². The molecule has 2 nitrogen and oxygen atoms in total. The number of halogens is 1. The van der Waals surface area contributed by atoms with Crippen LogP contribution in [0.1, 0.15) is 15.9 Å². The van der Waals surface area contributed by atoms with E-state index in [4.69, 9.17) is 4.74 Å². The first-order valence-corrected chi connectivity index (χ1v) is 6.10. The van der Waals surface area contributed by atoms with Gasteiger partial charge in [0.05, 0.1) is 5.56 Å². The standard InChI is InChI=1S/C14H9BrO2/c15-10-4-1-3-9(7-10)11-5-2-6-12-13(11)8-17-14(12)16/h1-7H,8H2. The van der Waals surface area contributed by atoms with Crippen molar-refractivity contribution < 1.29 is 9.53 Å². The molecule has 17 heavy (non-hydrogen) atoms. The quantitative estimate of drug-likeness (QED) is 0.747. The summed E-state index contributed by atoms with van der Waals surface area (Å²) in [6.45, 7) is 0.372. The van der Waals surface area contributed by atoms with Gasteiger partial charge in [0, 0.05) is 10.0 Å². The lowest BCUT2D eigenvalue weighted by atomic mass is 9.97.